The molecule has 2 N–H and O–H groups in total. The van der Waals surface area contributed by atoms with E-state index in [0.717, 1.165) is 71.1 Å². The molecule has 6 nitrogen and oxygen atoms in total. The monoisotopic (exact) mass is 754 g/mol. The van der Waals surface area contributed by atoms with Gasteiger partial charge in [-0.3, -0.25) is 0 Å². The number of methoxy groups -OCH3 is 1. The highest BCUT2D eigenvalue weighted by molar-refractivity contribution is 6.34. The van der Waals surface area contributed by atoms with Gasteiger partial charge < -0.3 is 19.7 Å². The number of fused-ring (bicyclic) bond motifs is 11. The minimum Gasteiger partial charge on any atom is -0.496 e. The van der Waals surface area contributed by atoms with Crippen molar-refractivity contribution in [3.05, 3.63) is 148 Å². The van der Waals surface area contributed by atoms with Crippen molar-refractivity contribution in [1.82, 2.24) is 0 Å². The van der Waals surface area contributed by atoms with Crippen molar-refractivity contribution in [2.45, 2.75) is 33.8 Å². The van der Waals surface area contributed by atoms with E-state index in [9.17, 15) is 4.91 Å². The van der Waals surface area contributed by atoms with Crippen LogP contribution >= 0.6 is 23.2 Å². The molecule has 1 heterocycles. The van der Waals surface area contributed by atoms with Crippen molar-refractivity contribution in [2.75, 3.05) is 12.8 Å². The minimum absolute atomic E-state index is 0. The summed E-state index contributed by atoms with van der Waals surface area (Å²) < 4.78 is 11.7. The third-order valence-electron chi connectivity index (χ3n) is 9.02. The highest BCUT2D eigenvalue weighted by Crippen LogP contribution is 2.45. The van der Waals surface area contributed by atoms with Gasteiger partial charge in [-0.15, -0.1) is 4.91 Å². The molecule has 8 heteroatoms. The Hall–Kier alpha value is -5.82. The van der Waals surface area contributed by atoms with Gasteiger partial charge in [-0.05, 0) is 89.5 Å². The molecule has 54 heavy (non-hydrogen) atoms. The third-order valence-corrected chi connectivity index (χ3v) is 9.49. The summed E-state index contributed by atoms with van der Waals surface area (Å²) in [6.07, 6.45) is 0. The Kier molecular flexibility index (Phi) is 11.0. The maximum Gasteiger partial charge on any atom is 0.155 e. The Bertz CT molecular complexity index is 2800. The van der Waals surface area contributed by atoms with Crippen LogP contribution in [0.4, 0.5) is 5.69 Å². The van der Waals surface area contributed by atoms with E-state index >= 15 is 0 Å². The van der Waals surface area contributed by atoms with Crippen molar-refractivity contribution in [2.24, 2.45) is 5.34 Å². The van der Waals surface area contributed by atoms with E-state index in [1.807, 2.05) is 60.7 Å². The lowest BCUT2D eigenvalue weighted by Crippen LogP contribution is -2.14. The van der Waals surface area contributed by atoms with Crippen LogP contribution in [0, 0.1) is 4.91 Å². The fourth-order valence-electron chi connectivity index (χ4n) is 6.83. The van der Waals surface area contributed by atoms with Crippen molar-refractivity contribution >= 4 is 93.9 Å². The summed E-state index contributed by atoms with van der Waals surface area (Å²) >= 11 is 12.5. The predicted molar refractivity (Wildman–Crippen MR) is 230 cm³/mol. The number of halogens is 2. The molecule has 0 saturated heterocycles. The summed E-state index contributed by atoms with van der Waals surface area (Å²) in [6, 6.07) is 44.8. The van der Waals surface area contributed by atoms with Crippen LogP contribution < -0.4 is 10.5 Å². The lowest BCUT2D eigenvalue weighted by Gasteiger charge is -2.17. The van der Waals surface area contributed by atoms with E-state index in [1.165, 1.54) is 21.5 Å². The molecule has 0 aliphatic heterocycles. The van der Waals surface area contributed by atoms with Crippen LogP contribution in [0.1, 0.15) is 28.2 Å². The van der Waals surface area contributed by atoms with E-state index in [2.05, 4.69) is 83.0 Å². The SMILES string of the molecule is C.CC(C)(C)ON=O.COc1ccc(Cl)cc1-c1c(N)c2ccccc2c2ccccc12.Clc1ccc2oc3c4ccccc4c4ccccc4c3c2c1. The van der Waals surface area contributed by atoms with Gasteiger partial charge >= 0.3 is 0 Å². The van der Waals surface area contributed by atoms with Crippen LogP contribution in [0.15, 0.2) is 143 Å². The number of anilines is 1. The van der Waals surface area contributed by atoms with E-state index in [0.29, 0.717) is 5.02 Å². The summed E-state index contributed by atoms with van der Waals surface area (Å²) in [7, 11) is 1.66. The number of nitrogen functional groups attached to an aromatic ring is 1. The maximum atomic E-state index is 9.35. The van der Waals surface area contributed by atoms with E-state index < -0.39 is 5.60 Å². The van der Waals surface area contributed by atoms with Gasteiger partial charge in [0.2, 0.25) is 0 Å². The van der Waals surface area contributed by atoms with Gasteiger partial charge in [0.15, 0.2) is 5.34 Å². The summed E-state index contributed by atoms with van der Waals surface area (Å²) in [5, 5.41) is 15.1. The molecular formula is C46H40Cl2N2O4. The molecule has 0 atom stereocenters. The van der Waals surface area contributed by atoms with Crippen molar-refractivity contribution in [1.29, 1.82) is 0 Å². The molecule has 0 aliphatic rings. The Morgan fingerprint density at radius 1 is 0.611 bits per heavy atom. The second kappa shape index (κ2) is 15.7. The summed E-state index contributed by atoms with van der Waals surface area (Å²) in [4.78, 5) is 13.6. The molecular weight excluding hydrogens is 715 g/mol. The van der Waals surface area contributed by atoms with Crippen LogP contribution in [0.25, 0.3) is 76.2 Å². The maximum absolute atomic E-state index is 9.35. The van der Waals surface area contributed by atoms with E-state index in [4.69, 9.17) is 38.1 Å². The number of nitrogens with two attached hydrogens (primary N) is 1. The lowest BCUT2D eigenvalue weighted by atomic mass is 9.91. The van der Waals surface area contributed by atoms with Gasteiger partial charge in [-0.2, -0.15) is 0 Å². The zero-order valence-electron chi connectivity index (χ0n) is 29.6. The summed E-state index contributed by atoms with van der Waals surface area (Å²) in [5.74, 6) is 0.756. The Morgan fingerprint density at radius 3 is 1.67 bits per heavy atom. The fourth-order valence-corrected chi connectivity index (χ4v) is 7.17. The number of rotatable bonds is 3. The third kappa shape index (κ3) is 7.23. The number of nitrogens with zero attached hydrogens (tertiary/aromatic N) is 1. The van der Waals surface area contributed by atoms with Crippen molar-refractivity contribution in [3.63, 3.8) is 0 Å². The molecule has 9 rings (SSSR count). The Morgan fingerprint density at radius 2 is 1.09 bits per heavy atom. The second-order valence-corrected chi connectivity index (χ2v) is 14.4. The second-order valence-electron chi connectivity index (χ2n) is 13.5. The van der Waals surface area contributed by atoms with Gasteiger partial charge in [0.05, 0.1) is 7.11 Å². The highest BCUT2D eigenvalue weighted by atomic mass is 35.5. The van der Waals surface area contributed by atoms with E-state index in [1.54, 1.807) is 27.9 Å². The summed E-state index contributed by atoms with van der Waals surface area (Å²) in [6.45, 7) is 5.28. The zero-order valence-corrected chi connectivity index (χ0v) is 31.1. The van der Waals surface area contributed by atoms with Crippen LogP contribution in [0.5, 0.6) is 5.75 Å². The zero-order chi connectivity index (χ0) is 37.3. The average molecular weight is 756 g/mol. The summed E-state index contributed by atoms with van der Waals surface area (Å²) in [5.41, 5.74) is 10.6. The van der Waals surface area contributed by atoms with Crippen LogP contribution in [0.2, 0.25) is 10.0 Å². The van der Waals surface area contributed by atoms with Crippen LogP contribution in [-0.2, 0) is 4.84 Å². The van der Waals surface area contributed by atoms with Crippen LogP contribution in [0.3, 0.4) is 0 Å². The minimum atomic E-state index is -0.429. The predicted octanol–water partition coefficient (Wildman–Crippen LogP) is 14.6. The van der Waals surface area contributed by atoms with Gasteiger partial charge in [-0.1, -0.05) is 128 Å². The topological polar surface area (TPSA) is 87.0 Å². The number of benzene rings is 8. The number of ether oxygens (including phenoxy) is 1. The normalized spacial score (nSPS) is 11.1. The van der Waals surface area contributed by atoms with E-state index in [-0.39, 0.29) is 7.43 Å². The molecule has 1 aromatic heterocycles. The first kappa shape index (κ1) is 37.9. The Labute approximate surface area is 323 Å². The number of hydrogen-bond acceptors (Lipinski definition) is 6. The van der Waals surface area contributed by atoms with Gasteiger partial charge in [0, 0.05) is 48.4 Å². The molecule has 0 unspecified atom stereocenters. The average Bonchev–Trinajstić information content (AvgIpc) is 3.54. The first-order valence-electron chi connectivity index (χ1n) is 17.0. The number of furan rings is 1. The largest absolute Gasteiger partial charge is 0.496 e. The first-order chi connectivity index (χ1) is 25.6. The Balaban J connectivity index is 0.000000155. The van der Waals surface area contributed by atoms with Gasteiger partial charge in [0.25, 0.3) is 0 Å². The first-order valence-corrected chi connectivity index (χ1v) is 17.8. The molecule has 0 aliphatic carbocycles. The van der Waals surface area contributed by atoms with Crippen molar-refractivity contribution in [3.8, 4) is 16.9 Å². The number of hydrogen-bond donors (Lipinski definition) is 1. The molecule has 0 radical (unpaired) electrons. The van der Waals surface area contributed by atoms with Gasteiger partial charge in [0.1, 0.15) is 22.5 Å². The highest BCUT2D eigenvalue weighted by Gasteiger charge is 2.18. The van der Waals surface area contributed by atoms with Crippen molar-refractivity contribution < 1.29 is 14.0 Å². The van der Waals surface area contributed by atoms with Gasteiger partial charge in [-0.25, -0.2) is 0 Å². The molecule has 0 spiro atoms. The van der Waals surface area contributed by atoms with Crippen LogP contribution in [-0.4, -0.2) is 12.7 Å². The molecule has 0 saturated carbocycles. The molecule has 9 aromatic rings. The molecule has 0 fully saturated rings. The lowest BCUT2D eigenvalue weighted by molar-refractivity contribution is -0.00230. The standard InChI is InChI=1S/C21H16ClNO.C20H11ClO.C4H9NO2.CH4/c1-24-19-11-10-13(22)12-18(19)20-16-8-4-2-6-14(16)15-7-3-5-9-17(15)21(20)23;21-12-9-10-18-17(11-12)19-15-7-3-1-5-13(15)14-6-2-4-8-16(14)20(19)22-18;1-4(2,3)7-5-6;/h2-12H,23H2,1H3;1-11H;1-3H3;1H4. The smallest absolute Gasteiger partial charge is 0.155 e. The molecule has 272 valence electrons. The molecule has 0 bridgehead atoms. The quantitative estimate of drug-likeness (QED) is 0.0840. The fraction of sp³-hybridized carbons (Fsp3) is 0.130. The molecule has 0 amide bonds. The molecule has 8 aromatic carbocycles.